The van der Waals surface area contributed by atoms with Crippen LogP contribution in [-0.2, 0) is 13.1 Å². The molecule has 2 aromatic rings. The molecule has 0 bridgehead atoms. The van der Waals surface area contributed by atoms with E-state index < -0.39 is 0 Å². The first-order valence-electron chi connectivity index (χ1n) is 10.8. The maximum absolute atomic E-state index is 12.3. The predicted octanol–water partition coefficient (Wildman–Crippen LogP) is 4.21. The molecule has 1 aromatic carbocycles. The van der Waals surface area contributed by atoms with Gasteiger partial charge in [-0.2, -0.15) is 0 Å². The Bertz CT molecular complexity index is 778. The van der Waals surface area contributed by atoms with Crippen molar-refractivity contribution in [2.75, 3.05) is 27.2 Å². The molecule has 5 nitrogen and oxygen atoms in total. The summed E-state index contributed by atoms with van der Waals surface area (Å²) in [5, 5.41) is 2.92. The Morgan fingerprint density at radius 3 is 2.55 bits per heavy atom. The fourth-order valence-electron chi connectivity index (χ4n) is 4.03. The van der Waals surface area contributed by atoms with Gasteiger partial charge in [-0.15, -0.1) is 0 Å². The first-order chi connectivity index (χ1) is 14.0. The lowest BCUT2D eigenvalue weighted by atomic mass is 9.93. The van der Waals surface area contributed by atoms with Gasteiger partial charge in [-0.25, -0.2) is 0 Å². The van der Waals surface area contributed by atoms with E-state index in [1.807, 2.05) is 25.1 Å². The van der Waals surface area contributed by atoms with Crippen LogP contribution in [0.4, 0.5) is 0 Å². The highest BCUT2D eigenvalue weighted by Gasteiger charge is 2.23. The monoisotopic (exact) mass is 397 g/mol. The average Bonchev–Trinajstić information content (AvgIpc) is 3.18. The van der Waals surface area contributed by atoms with Crippen LogP contribution in [0.3, 0.4) is 0 Å². The van der Waals surface area contributed by atoms with Gasteiger partial charge in [0.05, 0.1) is 6.54 Å². The van der Waals surface area contributed by atoms with Crippen LogP contribution in [0.2, 0.25) is 0 Å². The van der Waals surface area contributed by atoms with Gasteiger partial charge in [0.2, 0.25) is 0 Å². The molecule has 1 aromatic heterocycles. The summed E-state index contributed by atoms with van der Waals surface area (Å²) in [7, 11) is 3.98. The zero-order valence-corrected chi connectivity index (χ0v) is 18.1. The van der Waals surface area contributed by atoms with Crippen LogP contribution >= 0.6 is 0 Å². The number of benzene rings is 1. The smallest absolute Gasteiger partial charge is 0.287 e. The number of hydrogen-bond acceptors (Lipinski definition) is 4. The number of nitrogens with one attached hydrogen (secondary N) is 1. The molecule has 1 fully saturated rings. The van der Waals surface area contributed by atoms with E-state index in [9.17, 15) is 4.79 Å². The normalized spacial score (nSPS) is 15.2. The molecular formula is C24H35N3O2. The number of carbonyl (C=O) groups excluding carboxylic acids is 1. The van der Waals surface area contributed by atoms with Gasteiger partial charge >= 0.3 is 0 Å². The fraction of sp³-hybridized carbons (Fsp3) is 0.542. The highest BCUT2D eigenvalue weighted by atomic mass is 16.4. The third-order valence-corrected chi connectivity index (χ3v) is 5.81. The first-order valence-corrected chi connectivity index (χ1v) is 10.8. The number of likely N-dealkylation sites (N-methyl/N-ethyl adjacent to an activating group) is 1. The number of nitrogens with zero attached hydrogens (tertiary/aromatic N) is 2. The Morgan fingerprint density at radius 2 is 1.83 bits per heavy atom. The SMILES string of the molecule is Cc1ccccc1CN(Cc1ccc(C(=O)NCCN(C)C)o1)C1CCCCC1. The van der Waals surface area contributed by atoms with Crippen LogP contribution in [0.25, 0.3) is 0 Å². The second-order valence-electron chi connectivity index (χ2n) is 8.45. The Kier molecular flexibility index (Phi) is 7.90. The third-order valence-electron chi connectivity index (χ3n) is 5.81. The number of amides is 1. The molecule has 5 heteroatoms. The molecule has 3 rings (SSSR count). The predicted molar refractivity (Wildman–Crippen MR) is 117 cm³/mol. The number of furan rings is 1. The van der Waals surface area contributed by atoms with E-state index in [0.29, 0.717) is 18.3 Å². The van der Waals surface area contributed by atoms with Crippen molar-refractivity contribution in [2.24, 2.45) is 0 Å². The molecule has 1 aliphatic rings. The molecule has 1 aliphatic carbocycles. The highest BCUT2D eigenvalue weighted by Crippen LogP contribution is 2.26. The second-order valence-corrected chi connectivity index (χ2v) is 8.45. The van der Waals surface area contributed by atoms with E-state index >= 15 is 0 Å². The van der Waals surface area contributed by atoms with Crippen molar-refractivity contribution in [3.63, 3.8) is 0 Å². The number of aryl methyl sites for hydroxylation is 1. The average molecular weight is 398 g/mol. The lowest BCUT2D eigenvalue weighted by Gasteiger charge is -2.34. The molecule has 1 N–H and O–H groups in total. The van der Waals surface area contributed by atoms with Gasteiger partial charge in [0.25, 0.3) is 5.91 Å². The van der Waals surface area contributed by atoms with E-state index in [1.54, 1.807) is 6.07 Å². The minimum absolute atomic E-state index is 0.138. The zero-order chi connectivity index (χ0) is 20.6. The second kappa shape index (κ2) is 10.6. The Balaban J connectivity index is 1.67. The zero-order valence-electron chi connectivity index (χ0n) is 18.1. The van der Waals surface area contributed by atoms with Gasteiger partial charge in [0, 0.05) is 25.7 Å². The molecule has 29 heavy (non-hydrogen) atoms. The van der Waals surface area contributed by atoms with Gasteiger partial charge in [0.15, 0.2) is 5.76 Å². The van der Waals surface area contributed by atoms with Crippen LogP contribution in [0.5, 0.6) is 0 Å². The van der Waals surface area contributed by atoms with Crippen molar-refractivity contribution >= 4 is 5.91 Å². The van der Waals surface area contributed by atoms with Crippen LogP contribution in [-0.4, -0.2) is 48.9 Å². The van der Waals surface area contributed by atoms with Crippen molar-refractivity contribution in [2.45, 2.75) is 58.2 Å². The number of rotatable bonds is 9. The van der Waals surface area contributed by atoms with Crippen molar-refractivity contribution in [3.8, 4) is 0 Å². The number of hydrogen-bond donors (Lipinski definition) is 1. The molecular weight excluding hydrogens is 362 g/mol. The number of carbonyl (C=O) groups is 1. The van der Waals surface area contributed by atoms with Gasteiger partial charge in [-0.05, 0) is 57.1 Å². The Hall–Kier alpha value is -2.11. The highest BCUT2D eigenvalue weighted by molar-refractivity contribution is 5.91. The Morgan fingerprint density at radius 1 is 1.07 bits per heavy atom. The molecule has 0 radical (unpaired) electrons. The first kappa shape index (κ1) is 21.6. The fourth-order valence-corrected chi connectivity index (χ4v) is 4.03. The van der Waals surface area contributed by atoms with E-state index in [2.05, 4.69) is 41.4 Å². The summed E-state index contributed by atoms with van der Waals surface area (Å²) >= 11 is 0. The van der Waals surface area contributed by atoms with Crippen LogP contribution in [0.1, 0.15) is 59.5 Å². The van der Waals surface area contributed by atoms with Crippen LogP contribution in [0.15, 0.2) is 40.8 Å². The maximum Gasteiger partial charge on any atom is 0.287 e. The molecule has 0 unspecified atom stereocenters. The summed E-state index contributed by atoms with van der Waals surface area (Å²) < 4.78 is 5.92. The molecule has 0 aliphatic heterocycles. The van der Waals surface area contributed by atoms with E-state index in [4.69, 9.17) is 4.42 Å². The van der Waals surface area contributed by atoms with Gasteiger partial charge in [-0.1, -0.05) is 43.5 Å². The summed E-state index contributed by atoms with van der Waals surface area (Å²) in [5.74, 6) is 1.13. The maximum atomic E-state index is 12.3. The van der Waals surface area contributed by atoms with Crippen molar-refractivity contribution in [1.29, 1.82) is 0 Å². The molecule has 158 valence electrons. The molecule has 0 saturated heterocycles. The Labute approximate surface area is 175 Å². The molecule has 1 amide bonds. The molecule has 0 atom stereocenters. The summed E-state index contributed by atoms with van der Waals surface area (Å²) in [5.41, 5.74) is 2.69. The topological polar surface area (TPSA) is 48.7 Å². The third kappa shape index (κ3) is 6.44. The van der Waals surface area contributed by atoms with Crippen LogP contribution in [0, 0.1) is 6.92 Å². The summed E-state index contributed by atoms with van der Waals surface area (Å²) in [6.45, 7) is 5.26. The van der Waals surface area contributed by atoms with Gasteiger partial charge in [0.1, 0.15) is 5.76 Å². The molecule has 1 heterocycles. The van der Waals surface area contributed by atoms with Crippen molar-refractivity contribution < 1.29 is 9.21 Å². The summed E-state index contributed by atoms with van der Waals surface area (Å²) in [4.78, 5) is 16.9. The molecule has 0 spiro atoms. The van der Waals surface area contributed by atoms with E-state index in [0.717, 1.165) is 25.4 Å². The van der Waals surface area contributed by atoms with Crippen molar-refractivity contribution in [3.05, 3.63) is 59.0 Å². The summed E-state index contributed by atoms with van der Waals surface area (Å²) in [6.07, 6.45) is 6.42. The molecule has 1 saturated carbocycles. The van der Waals surface area contributed by atoms with Crippen molar-refractivity contribution in [1.82, 2.24) is 15.1 Å². The minimum atomic E-state index is -0.138. The van der Waals surface area contributed by atoms with Crippen LogP contribution < -0.4 is 5.32 Å². The van der Waals surface area contributed by atoms with Gasteiger partial charge < -0.3 is 14.6 Å². The van der Waals surface area contributed by atoms with E-state index in [-0.39, 0.29) is 5.91 Å². The van der Waals surface area contributed by atoms with E-state index in [1.165, 1.54) is 43.2 Å². The lowest BCUT2D eigenvalue weighted by Crippen LogP contribution is -2.36. The minimum Gasteiger partial charge on any atom is -0.455 e. The quantitative estimate of drug-likeness (QED) is 0.688. The largest absolute Gasteiger partial charge is 0.455 e. The summed E-state index contributed by atoms with van der Waals surface area (Å²) in [6, 6.07) is 12.9. The standard InChI is InChI=1S/C24H35N3O2/c1-19-9-7-8-10-20(19)17-27(21-11-5-4-6-12-21)18-22-13-14-23(29-22)24(28)25-15-16-26(2)3/h7-10,13-14,21H,4-6,11-12,15-18H2,1-3H3,(H,25,28). The lowest BCUT2D eigenvalue weighted by molar-refractivity contribution is 0.0913. The van der Waals surface area contributed by atoms with Gasteiger partial charge in [-0.3, -0.25) is 9.69 Å².